The molecule has 1 aliphatic rings. The van der Waals surface area contributed by atoms with Gasteiger partial charge in [0.2, 0.25) is 0 Å². The van der Waals surface area contributed by atoms with Crippen molar-refractivity contribution in [1.29, 1.82) is 0 Å². The summed E-state index contributed by atoms with van der Waals surface area (Å²) in [5, 5.41) is 11.3. The van der Waals surface area contributed by atoms with E-state index in [1.54, 1.807) is 35.1 Å². The molecule has 5 nitrogen and oxygen atoms in total. The minimum atomic E-state index is -0.832. The predicted octanol–water partition coefficient (Wildman–Crippen LogP) is 3.05. The summed E-state index contributed by atoms with van der Waals surface area (Å²) in [6.07, 6.45) is 1.35. The zero-order valence-corrected chi connectivity index (χ0v) is 13.5. The van der Waals surface area contributed by atoms with Gasteiger partial charge in [0.15, 0.2) is 0 Å². The second-order valence-corrected chi connectivity index (χ2v) is 6.96. The molecule has 2 amide bonds. The molecule has 0 saturated carbocycles. The molecular formula is C15H22N2O3S. The minimum absolute atomic E-state index is 0.00416. The molecule has 1 N–H and O–H groups in total. The summed E-state index contributed by atoms with van der Waals surface area (Å²) in [7, 11) is 1.78. The van der Waals surface area contributed by atoms with Crippen molar-refractivity contribution < 1.29 is 14.7 Å². The standard InChI is InChI=1S/C15H22N2O3S/c1-11(12-6-4-9-21-12)16(3)14(20)17-8-5-7-15(2,10-17)13(18)19/h4,6,9,11H,5,7-8,10H2,1-3H3,(H,18,19). The van der Waals surface area contributed by atoms with E-state index in [1.165, 1.54) is 0 Å². The number of carboxylic acid groups (broad SMARTS) is 1. The van der Waals surface area contributed by atoms with Crippen LogP contribution >= 0.6 is 11.3 Å². The summed E-state index contributed by atoms with van der Waals surface area (Å²) in [6.45, 7) is 4.62. The van der Waals surface area contributed by atoms with Gasteiger partial charge in [0.25, 0.3) is 0 Å². The maximum absolute atomic E-state index is 12.6. The van der Waals surface area contributed by atoms with Crippen LogP contribution in [0.15, 0.2) is 17.5 Å². The first-order chi connectivity index (χ1) is 9.85. The molecule has 0 radical (unpaired) electrons. The molecule has 1 aromatic heterocycles. The van der Waals surface area contributed by atoms with Crippen LogP contribution in [0.25, 0.3) is 0 Å². The first-order valence-electron chi connectivity index (χ1n) is 7.14. The van der Waals surface area contributed by atoms with Crippen LogP contribution < -0.4 is 0 Å². The molecule has 6 heteroatoms. The van der Waals surface area contributed by atoms with Crippen LogP contribution in [0.5, 0.6) is 0 Å². The van der Waals surface area contributed by atoms with E-state index >= 15 is 0 Å². The Morgan fingerprint density at radius 3 is 2.81 bits per heavy atom. The number of carboxylic acids is 1. The number of hydrogen-bond donors (Lipinski definition) is 1. The molecule has 2 rings (SSSR count). The van der Waals surface area contributed by atoms with Crippen LogP contribution in [0.2, 0.25) is 0 Å². The normalized spacial score (nSPS) is 23.7. The third kappa shape index (κ3) is 3.20. The van der Waals surface area contributed by atoms with Crippen LogP contribution in [0.4, 0.5) is 4.79 Å². The van der Waals surface area contributed by atoms with Gasteiger partial charge in [-0.05, 0) is 38.1 Å². The Morgan fingerprint density at radius 2 is 2.24 bits per heavy atom. The Morgan fingerprint density at radius 1 is 1.52 bits per heavy atom. The molecule has 2 heterocycles. The number of carbonyl (C=O) groups excluding carboxylic acids is 1. The summed E-state index contributed by atoms with van der Waals surface area (Å²) in [4.78, 5) is 28.5. The monoisotopic (exact) mass is 310 g/mol. The Kier molecular flexibility index (Phi) is 4.56. The van der Waals surface area contributed by atoms with Crippen LogP contribution in [-0.2, 0) is 4.79 Å². The molecule has 0 aromatic carbocycles. The topological polar surface area (TPSA) is 60.9 Å². The van der Waals surface area contributed by atoms with Crippen molar-refractivity contribution in [1.82, 2.24) is 9.80 Å². The number of rotatable bonds is 3. The van der Waals surface area contributed by atoms with E-state index in [0.29, 0.717) is 13.0 Å². The Hall–Kier alpha value is -1.56. The van der Waals surface area contributed by atoms with Crippen molar-refractivity contribution in [3.05, 3.63) is 22.4 Å². The van der Waals surface area contributed by atoms with E-state index in [4.69, 9.17) is 0 Å². The molecule has 116 valence electrons. The fourth-order valence-corrected chi connectivity index (χ4v) is 3.51. The van der Waals surface area contributed by atoms with Crippen molar-refractivity contribution in [3.63, 3.8) is 0 Å². The van der Waals surface area contributed by atoms with E-state index < -0.39 is 11.4 Å². The summed E-state index contributed by atoms with van der Waals surface area (Å²) in [5.41, 5.74) is -0.832. The smallest absolute Gasteiger partial charge is 0.320 e. The zero-order chi connectivity index (χ0) is 15.6. The largest absolute Gasteiger partial charge is 0.481 e. The number of carbonyl (C=O) groups is 2. The fourth-order valence-electron chi connectivity index (χ4n) is 2.69. The van der Waals surface area contributed by atoms with Crippen LogP contribution in [-0.4, -0.2) is 47.0 Å². The number of thiophene rings is 1. The lowest BCUT2D eigenvalue weighted by Crippen LogP contribution is -2.52. The number of aliphatic carboxylic acids is 1. The SMILES string of the molecule is CC(c1cccs1)N(C)C(=O)N1CCCC(C)(C(=O)O)C1. The summed E-state index contributed by atoms with van der Waals surface area (Å²) >= 11 is 1.62. The number of piperidine rings is 1. The average Bonchev–Trinajstić information content (AvgIpc) is 2.99. The molecule has 0 spiro atoms. The summed E-state index contributed by atoms with van der Waals surface area (Å²) in [6, 6.07) is 3.88. The predicted molar refractivity (Wildman–Crippen MR) is 82.4 cm³/mol. The molecule has 1 aliphatic heterocycles. The molecule has 21 heavy (non-hydrogen) atoms. The Balaban J connectivity index is 2.07. The third-order valence-electron chi connectivity index (χ3n) is 4.32. The lowest BCUT2D eigenvalue weighted by Gasteiger charge is -2.40. The first-order valence-corrected chi connectivity index (χ1v) is 8.01. The number of nitrogens with zero attached hydrogens (tertiary/aromatic N) is 2. The second-order valence-electron chi connectivity index (χ2n) is 5.98. The highest BCUT2D eigenvalue weighted by molar-refractivity contribution is 7.10. The minimum Gasteiger partial charge on any atom is -0.481 e. The molecule has 2 atom stereocenters. The van der Waals surface area contributed by atoms with Crippen LogP contribution in [0.3, 0.4) is 0 Å². The van der Waals surface area contributed by atoms with Gasteiger partial charge >= 0.3 is 12.0 Å². The van der Waals surface area contributed by atoms with Gasteiger partial charge in [-0.2, -0.15) is 0 Å². The molecule has 1 fully saturated rings. The lowest BCUT2D eigenvalue weighted by atomic mass is 9.82. The van der Waals surface area contributed by atoms with Gasteiger partial charge in [0.05, 0.1) is 11.5 Å². The van der Waals surface area contributed by atoms with Gasteiger partial charge in [-0.25, -0.2) is 4.79 Å². The first kappa shape index (κ1) is 15.8. The number of urea groups is 1. The van der Waals surface area contributed by atoms with E-state index in [1.807, 2.05) is 24.4 Å². The Labute approximate surface area is 129 Å². The van der Waals surface area contributed by atoms with Gasteiger partial charge in [-0.15, -0.1) is 11.3 Å². The maximum atomic E-state index is 12.6. The van der Waals surface area contributed by atoms with Crippen molar-refractivity contribution in [2.45, 2.75) is 32.7 Å². The number of amides is 2. The Bertz CT molecular complexity index is 517. The quantitative estimate of drug-likeness (QED) is 0.933. The lowest BCUT2D eigenvalue weighted by molar-refractivity contribution is -0.150. The molecule has 0 aliphatic carbocycles. The van der Waals surface area contributed by atoms with Gasteiger partial charge < -0.3 is 14.9 Å². The van der Waals surface area contributed by atoms with Gasteiger partial charge in [0.1, 0.15) is 0 Å². The van der Waals surface area contributed by atoms with Crippen molar-refractivity contribution in [3.8, 4) is 0 Å². The highest BCUT2D eigenvalue weighted by atomic mass is 32.1. The fraction of sp³-hybridized carbons (Fsp3) is 0.600. The van der Waals surface area contributed by atoms with Crippen LogP contribution in [0, 0.1) is 5.41 Å². The van der Waals surface area contributed by atoms with Crippen molar-refractivity contribution >= 4 is 23.3 Å². The zero-order valence-electron chi connectivity index (χ0n) is 12.7. The highest BCUT2D eigenvalue weighted by Crippen LogP contribution is 2.31. The average molecular weight is 310 g/mol. The van der Waals surface area contributed by atoms with E-state index in [9.17, 15) is 14.7 Å². The maximum Gasteiger partial charge on any atom is 0.320 e. The van der Waals surface area contributed by atoms with Gasteiger partial charge in [-0.1, -0.05) is 6.07 Å². The third-order valence-corrected chi connectivity index (χ3v) is 5.36. The summed E-state index contributed by atoms with van der Waals surface area (Å²) < 4.78 is 0. The highest BCUT2D eigenvalue weighted by Gasteiger charge is 2.40. The van der Waals surface area contributed by atoms with Crippen molar-refractivity contribution in [2.24, 2.45) is 5.41 Å². The molecular weight excluding hydrogens is 288 g/mol. The van der Waals surface area contributed by atoms with Gasteiger partial charge in [-0.3, -0.25) is 4.79 Å². The summed E-state index contributed by atoms with van der Waals surface area (Å²) in [5.74, 6) is -0.825. The molecule has 2 unspecified atom stereocenters. The van der Waals surface area contributed by atoms with E-state index in [2.05, 4.69) is 0 Å². The van der Waals surface area contributed by atoms with E-state index in [0.717, 1.165) is 11.3 Å². The number of likely N-dealkylation sites (tertiary alicyclic amines) is 1. The molecule has 0 bridgehead atoms. The molecule has 1 saturated heterocycles. The van der Waals surface area contributed by atoms with Crippen LogP contribution in [0.1, 0.15) is 37.6 Å². The molecule has 1 aromatic rings. The second kappa shape index (κ2) is 6.05. The van der Waals surface area contributed by atoms with Gasteiger partial charge in [0, 0.05) is 25.0 Å². The van der Waals surface area contributed by atoms with E-state index in [-0.39, 0.29) is 18.6 Å². The van der Waals surface area contributed by atoms with Crippen molar-refractivity contribution in [2.75, 3.05) is 20.1 Å². The number of hydrogen-bond acceptors (Lipinski definition) is 3.